The smallest absolute Gasteiger partial charge is 0.265 e. The van der Waals surface area contributed by atoms with Crippen molar-refractivity contribution in [2.24, 2.45) is 0 Å². The van der Waals surface area contributed by atoms with Crippen LogP contribution in [0.4, 0.5) is 0 Å². The molecule has 1 aromatic rings. The van der Waals surface area contributed by atoms with Gasteiger partial charge in [-0.1, -0.05) is 11.6 Å². The van der Waals surface area contributed by atoms with Gasteiger partial charge in [0.2, 0.25) is 11.8 Å². The van der Waals surface area contributed by atoms with Gasteiger partial charge in [0, 0.05) is 17.6 Å². The minimum atomic E-state index is -0.714. The highest BCUT2D eigenvalue weighted by molar-refractivity contribution is 6.30. The highest BCUT2D eigenvalue weighted by Gasteiger charge is 2.36. The second kappa shape index (κ2) is 5.38. The minimum absolute atomic E-state index is 0.0379. The van der Waals surface area contributed by atoms with E-state index in [2.05, 4.69) is 10.9 Å². The molecule has 1 heterocycles. The van der Waals surface area contributed by atoms with Crippen molar-refractivity contribution in [3.63, 3.8) is 0 Å². The summed E-state index contributed by atoms with van der Waals surface area (Å²) in [6.45, 7) is 0. The molecule has 2 rings (SSSR count). The molecule has 1 aromatic carbocycles. The Morgan fingerprint density at radius 2 is 1.95 bits per heavy atom. The highest BCUT2D eigenvalue weighted by Crippen LogP contribution is 2.11. The van der Waals surface area contributed by atoms with Crippen LogP contribution >= 0.6 is 11.6 Å². The fraction of sp³-hybridized carbons (Fsp3) is 0.250. The van der Waals surface area contributed by atoms with Crippen LogP contribution in [0.3, 0.4) is 0 Å². The Hall–Kier alpha value is -1.92. The Morgan fingerprint density at radius 1 is 1.32 bits per heavy atom. The quantitative estimate of drug-likeness (QED) is 0.618. The summed E-state index contributed by atoms with van der Waals surface area (Å²) >= 11 is 5.71. The maximum absolute atomic E-state index is 11.8. The third-order valence-corrected chi connectivity index (χ3v) is 3.10. The average molecular weight is 282 g/mol. The molecule has 6 nitrogen and oxygen atoms in total. The van der Waals surface area contributed by atoms with E-state index in [0.717, 1.165) is 4.90 Å². The van der Waals surface area contributed by atoms with Gasteiger partial charge in [0.25, 0.3) is 5.91 Å². The molecule has 0 radical (unpaired) electrons. The van der Waals surface area contributed by atoms with Crippen molar-refractivity contribution in [3.8, 4) is 0 Å². The highest BCUT2D eigenvalue weighted by atomic mass is 35.5. The van der Waals surface area contributed by atoms with Crippen LogP contribution in [0, 0.1) is 0 Å². The van der Waals surface area contributed by atoms with E-state index >= 15 is 0 Å². The van der Waals surface area contributed by atoms with Crippen LogP contribution < -0.4 is 10.9 Å². The predicted octanol–water partition coefficient (Wildman–Crippen LogP) is 0.332. The fourth-order valence-electron chi connectivity index (χ4n) is 1.69. The number of carbonyl (C=O) groups is 3. The number of halogens is 1. The van der Waals surface area contributed by atoms with E-state index in [1.54, 1.807) is 24.3 Å². The molecule has 0 aliphatic carbocycles. The van der Waals surface area contributed by atoms with Crippen molar-refractivity contribution < 1.29 is 14.4 Å². The van der Waals surface area contributed by atoms with E-state index in [4.69, 9.17) is 11.6 Å². The second-order valence-electron chi connectivity index (χ2n) is 4.15. The Labute approximate surface area is 114 Å². The molecule has 1 aliphatic heterocycles. The van der Waals surface area contributed by atoms with E-state index in [9.17, 15) is 14.4 Å². The topological polar surface area (TPSA) is 78.5 Å². The SMILES string of the molecule is CN1C(=O)C[C@@H](NNC(=O)c2ccc(Cl)cc2)C1=O. The van der Waals surface area contributed by atoms with Crippen molar-refractivity contribution >= 4 is 29.3 Å². The monoisotopic (exact) mass is 281 g/mol. The van der Waals surface area contributed by atoms with Crippen LogP contribution in [0.1, 0.15) is 16.8 Å². The summed E-state index contributed by atoms with van der Waals surface area (Å²) in [6.07, 6.45) is 0.0379. The van der Waals surface area contributed by atoms with Gasteiger partial charge < -0.3 is 0 Å². The van der Waals surface area contributed by atoms with Crippen LogP contribution in [0.15, 0.2) is 24.3 Å². The van der Waals surface area contributed by atoms with Crippen molar-refractivity contribution in [2.75, 3.05) is 7.05 Å². The van der Waals surface area contributed by atoms with E-state index in [-0.39, 0.29) is 18.2 Å². The lowest BCUT2D eigenvalue weighted by Gasteiger charge is -2.12. The Bertz CT molecular complexity index is 530. The summed E-state index contributed by atoms with van der Waals surface area (Å²) in [4.78, 5) is 35.7. The zero-order valence-electron chi connectivity index (χ0n) is 10.1. The largest absolute Gasteiger partial charge is 0.287 e. The van der Waals surface area contributed by atoms with Crippen molar-refractivity contribution in [1.82, 2.24) is 15.8 Å². The van der Waals surface area contributed by atoms with Crippen LogP contribution in [-0.4, -0.2) is 35.7 Å². The van der Waals surface area contributed by atoms with Gasteiger partial charge in [-0.25, -0.2) is 5.43 Å². The number of likely N-dealkylation sites (N-methyl/N-ethyl adjacent to an activating group) is 1. The Kier molecular flexibility index (Phi) is 3.82. The molecular weight excluding hydrogens is 270 g/mol. The molecule has 0 saturated carbocycles. The summed E-state index contributed by atoms with van der Waals surface area (Å²) in [6, 6.07) is 5.59. The van der Waals surface area contributed by atoms with Gasteiger partial charge in [-0.15, -0.1) is 0 Å². The number of nitrogens with one attached hydrogen (secondary N) is 2. The zero-order chi connectivity index (χ0) is 14.0. The van der Waals surface area contributed by atoms with Gasteiger partial charge in [0.1, 0.15) is 6.04 Å². The number of amides is 3. The van der Waals surface area contributed by atoms with Gasteiger partial charge in [0.05, 0.1) is 6.42 Å². The molecule has 1 saturated heterocycles. The molecule has 0 unspecified atom stereocenters. The van der Waals surface area contributed by atoms with Crippen LogP contribution in [0.2, 0.25) is 5.02 Å². The third-order valence-electron chi connectivity index (χ3n) is 2.85. The van der Waals surface area contributed by atoms with E-state index in [1.165, 1.54) is 7.05 Å². The van der Waals surface area contributed by atoms with Gasteiger partial charge in [-0.05, 0) is 24.3 Å². The summed E-state index contributed by atoms with van der Waals surface area (Å²) in [5, 5.41) is 0.530. The standard InChI is InChI=1S/C12H12ClN3O3/c1-16-10(17)6-9(12(16)19)14-15-11(18)7-2-4-8(13)5-3-7/h2-5,9,14H,6H2,1H3,(H,15,18)/t9-/m1/s1. The van der Waals surface area contributed by atoms with E-state index in [0.29, 0.717) is 10.6 Å². The van der Waals surface area contributed by atoms with Gasteiger partial charge >= 0.3 is 0 Å². The average Bonchev–Trinajstić information content (AvgIpc) is 2.64. The predicted molar refractivity (Wildman–Crippen MR) is 68.2 cm³/mol. The summed E-state index contributed by atoms with van der Waals surface area (Å²) in [7, 11) is 1.41. The number of hydrogen-bond acceptors (Lipinski definition) is 4. The van der Waals surface area contributed by atoms with Crippen LogP contribution in [0.25, 0.3) is 0 Å². The molecule has 1 aliphatic rings. The second-order valence-corrected chi connectivity index (χ2v) is 4.59. The number of hydrogen-bond donors (Lipinski definition) is 2. The molecule has 0 aromatic heterocycles. The number of hydrazine groups is 1. The molecule has 7 heteroatoms. The molecule has 2 N–H and O–H groups in total. The van der Waals surface area contributed by atoms with Crippen molar-refractivity contribution in [1.29, 1.82) is 0 Å². The lowest BCUT2D eigenvalue weighted by atomic mass is 10.2. The lowest BCUT2D eigenvalue weighted by Crippen LogP contribution is -2.47. The molecule has 0 spiro atoms. The lowest BCUT2D eigenvalue weighted by molar-refractivity contribution is -0.137. The van der Waals surface area contributed by atoms with E-state index in [1.807, 2.05) is 0 Å². The van der Waals surface area contributed by atoms with Gasteiger partial charge in [0.15, 0.2) is 0 Å². The maximum Gasteiger partial charge on any atom is 0.265 e. The molecule has 3 amide bonds. The van der Waals surface area contributed by atoms with Crippen LogP contribution in [-0.2, 0) is 9.59 Å². The van der Waals surface area contributed by atoms with Crippen molar-refractivity contribution in [3.05, 3.63) is 34.9 Å². The molecule has 1 fully saturated rings. The number of likely N-dealkylation sites (tertiary alicyclic amines) is 1. The molecule has 100 valence electrons. The summed E-state index contributed by atoms with van der Waals surface area (Å²) < 4.78 is 0. The van der Waals surface area contributed by atoms with Crippen LogP contribution in [0.5, 0.6) is 0 Å². The first-order chi connectivity index (χ1) is 8.99. The molecule has 19 heavy (non-hydrogen) atoms. The number of benzene rings is 1. The first-order valence-corrected chi connectivity index (χ1v) is 5.98. The normalized spacial score (nSPS) is 18.8. The molecule has 0 bridgehead atoms. The first-order valence-electron chi connectivity index (χ1n) is 5.61. The first kappa shape index (κ1) is 13.5. The van der Waals surface area contributed by atoms with Crippen molar-refractivity contribution in [2.45, 2.75) is 12.5 Å². The number of rotatable bonds is 3. The number of nitrogens with zero attached hydrogens (tertiary/aromatic N) is 1. The number of carbonyl (C=O) groups excluding carboxylic acids is 3. The fourth-order valence-corrected chi connectivity index (χ4v) is 1.82. The third kappa shape index (κ3) is 2.91. The zero-order valence-corrected chi connectivity index (χ0v) is 10.9. The van der Waals surface area contributed by atoms with E-state index < -0.39 is 11.9 Å². The minimum Gasteiger partial charge on any atom is -0.287 e. The molecule has 1 atom stereocenters. The van der Waals surface area contributed by atoms with Gasteiger partial charge in [-0.3, -0.25) is 24.7 Å². The Morgan fingerprint density at radius 3 is 2.47 bits per heavy atom. The summed E-state index contributed by atoms with van der Waals surface area (Å²) in [5.41, 5.74) is 5.37. The molecular formula is C12H12ClN3O3. The number of imide groups is 1. The summed E-state index contributed by atoms with van der Waals surface area (Å²) in [5.74, 6) is -1.03. The van der Waals surface area contributed by atoms with Gasteiger partial charge in [-0.2, -0.15) is 0 Å². The maximum atomic E-state index is 11.8. The Balaban J connectivity index is 1.93.